The number of carbonyl (C=O) groups excluding carboxylic acids is 1. The number of rotatable bonds is 5. The van der Waals surface area contributed by atoms with E-state index in [-0.39, 0.29) is 23.6 Å². The van der Waals surface area contributed by atoms with Crippen LogP contribution in [-0.4, -0.2) is 28.4 Å². The fraction of sp³-hybridized carbons (Fsp3) is 0.706. The number of hydrogen-bond acceptors (Lipinski definition) is 5. The van der Waals surface area contributed by atoms with Crippen molar-refractivity contribution in [3.05, 3.63) is 5.89 Å². The zero-order valence-corrected chi connectivity index (χ0v) is 13.9. The van der Waals surface area contributed by atoms with Crippen LogP contribution in [0.5, 0.6) is 0 Å². The van der Waals surface area contributed by atoms with Gasteiger partial charge in [-0.1, -0.05) is 17.7 Å². The van der Waals surface area contributed by atoms with E-state index in [0.717, 1.165) is 23.6 Å². The van der Waals surface area contributed by atoms with Crippen LogP contribution < -0.4 is 5.32 Å². The molecule has 1 heterocycles. The Morgan fingerprint density at radius 1 is 1.26 bits per heavy atom. The molecule has 1 aromatic rings. The van der Waals surface area contributed by atoms with Crippen molar-refractivity contribution in [1.29, 1.82) is 0 Å². The van der Waals surface area contributed by atoms with Crippen LogP contribution in [0.4, 0.5) is 0 Å². The van der Waals surface area contributed by atoms with Crippen LogP contribution in [0.15, 0.2) is 9.64 Å². The molecule has 0 aromatic carbocycles. The molecule has 4 aliphatic carbocycles. The van der Waals surface area contributed by atoms with Crippen molar-refractivity contribution < 1.29 is 9.21 Å². The van der Waals surface area contributed by atoms with Crippen molar-refractivity contribution in [1.82, 2.24) is 15.5 Å². The second-order valence-corrected chi connectivity index (χ2v) is 8.27. The number of terminal acetylenes is 1. The van der Waals surface area contributed by atoms with Gasteiger partial charge in [-0.25, -0.2) is 0 Å². The van der Waals surface area contributed by atoms with Gasteiger partial charge >= 0.3 is 0 Å². The minimum atomic E-state index is -0.109. The normalized spacial score (nSPS) is 34.3. The van der Waals surface area contributed by atoms with Crippen molar-refractivity contribution in [2.45, 2.75) is 49.2 Å². The summed E-state index contributed by atoms with van der Waals surface area (Å²) >= 11 is 1.28. The molecule has 0 radical (unpaired) electrons. The summed E-state index contributed by atoms with van der Waals surface area (Å²) < 4.78 is 5.94. The molecule has 0 spiro atoms. The third kappa shape index (κ3) is 2.87. The van der Waals surface area contributed by atoms with Gasteiger partial charge in [0.25, 0.3) is 5.22 Å². The molecular weight excluding hydrogens is 310 g/mol. The van der Waals surface area contributed by atoms with Crippen molar-refractivity contribution in [2.24, 2.45) is 17.8 Å². The highest BCUT2D eigenvalue weighted by Gasteiger charge is 2.54. The van der Waals surface area contributed by atoms with Crippen LogP contribution in [0, 0.1) is 30.1 Å². The van der Waals surface area contributed by atoms with E-state index in [1.54, 1.807) is 0 Å². The first kappa shape index (κ1) is 15.1. The van der Waals surface area contributed by atoms with Gasteiger partial charge in [0.05, 0.1) is 12.3 Å². The topological polar surface area (TPSA) is 68.0 Å². The number of nitrogens with zero attached hydrogens (tertiary/aromatic N) is 2. The molecule has 4 saturated carbocycles. The Bertz CT molecular complexity index is 613. The Labute approximate surface area is 140 Å². The van der Waals surface area contributed by atoms with E-state index < -0.39 is 0 Å². The second-order valence-electron chi connectivity index (χ2n) is 7.34. The quantitative estimate of drug-likeness (QED) is 0.663. The van der Waals surface area contributed by atoms with E-state index in [9.17, 15) is 4.79 Å². The van der Waals surface area contributed by atoms with E-state index in [4.69, 9.17) is 10.8 Å². The molecule has 6 heteroatoms. The molecule has 4 fully saturated rings. The monoisotopic (exact) mass is 331 g/mol. The molecule has 5 rings (SSSR count). The summed E-state index contributed by atoms with van der Waals surface area (Å²) in [5.41, 5.74) is 0.117. The zero-order chi connectivity index (χ0) is 15.9. The maximum Gasteiger partial charge on any atom is 0.277 e. The van der Waals surface area contributed by atoms with Gasteiger partial charge in [0.2, 0.25) is 11.8 Å². The number of carbonyl (C=O) groups is 1. The van der Waals surface area contributed by atoms with Crippen molar-refractivity contribution in [2.75, 3.05) is 12.3 Å². The van der Waals surface area contributed by atoms with Crippen LogP contribution in [0.3, 0.4) is 0 Å². The van der Waals surface area contributed by atoms with Gasteiger partial charge in [-0.3, -0.25) is 4.79 Å². The molecule has 0 saturated heterocycles. The first-order chi connectivity index (χ1) is 11.2. The molecule has 0 atom stereocenters. The lowest BCUT2D eigenvalue weighted by Gasteiger charge is -2.55. The smallest absolute Gasteiger partial charge is 0.277 e. The third-order valence-corrected chi connectivity index (χ3v) is 6.43. The molecule has 4 aliphatic rings. The summed E-state index contributed by atoms with van der Waals surface area (Å²) in [6.45, 7) is 0.252. The van der Waals surface area contributed by atoms with Crippen molar-refractivity contribution in [3.8, 4) is 12.3 Å². The minimum Gasteiger partial charge on any atom is -0.415 e. The highest BCUT2D eigenvalue weighted by Crippen LogP contribution is 2.60. The number of amides is 1. The molecule has 0 unspecified atom stereocenters. The third-order valence-electron chi connectivity index (χ3n) is 5.61. The van der Waals surface area contributed by atoms with Gasteiger partial charge < -0.3 is 9.73 Å². The van der Waals surface area contributed by atoms with Crippen LogP contribution in [-0.2, 0) is 10.2 Å². The molecule has 1 amide bonds. The Balaban J connectivity index is 1.42. The van der Waals surface area contributed by atoms with Crippen LogP contribution in [0.1, 0.15) is 44.4 Å². The number of thioether (sulfide) groups is 1. The Hall–Kier alpha value is -1.48. The zero-order valence-electron chi connectivity index (χ0n) is 13.1. The summed E-state index contributed by atoms with van der Waals surface area (Å²) in [5, 5.41) is 11.6. The highest BCUT2D eigenvalue weighted by molar-refractivity contribution is 7.99. The van der Waals surface area contributed by atoms with E-state index in [1.807, 2.05) is 0 Å². The minimum absolute atomic E-state index is 0.109. The summed E-state index contributed by atoms with van der Waals surface area (Å²) in [7, 11) is 0. The van der Waals surface area contributed by atoms with Crippen LogP contribution in [0.25, 0.3) is 0 Å². The summed E-state index contributed by atoms with van der Waals surface area (Å²) in [6.07, 6.45) is 12.9. The van der Waals surface area contributed by atoms with E-state index in [0.29, 0.717) is 5.22 Å². The molecule has 23 heavy (non-hydrogen) atoms. The average molecular weight is 331 g/mol. The Kier molecular flexibility index (Phi) is 3.84. The molecule has 1 aromatic heterocycles. The number of aromatic nitrogens is 2. The second kappa shape index (κ2) is 5.86. The molecule has 122 valence electrons. The predicted octanol–water partition coefficient (Wildman–Crippen LogP) is 2.38. The standard InChI is InChI=1S/C17H21N3O2S/c1-2-3-18-14(21)10-23-16-20-19-15(22-16)17-7-11-4-12(8-17)6-13(5-11)9-17/h1,11-13H,3-10H2,(H,18,21). The molecule has 4 bridgehead atoms. The Morgan fingerprint density at radius 2 is 1.91 bits per heavy atom. The first-order valence-electron chi connectivity index (χ1n) is 8.34. The maximum absolute atomic E-state index is 11.6. The lowest BCUT2D eigenvalue weighted by Crippen LogP contribution is -2.48. The van der Waals surface area contributed by atoms with Gasteiger partial charge in [-0.2, -0.15) is 0 Å². The fourth-order valence-corrected chi connectivity index (χ4v) is 5.78. The summed E-state index contributed by atoms with van der Waals surface area (Å²) in [5.74, 6) is 5.87. The molecule has 5 nitrogen and oxygen atoms in total. The highest BCUT2D eigenvalue weighted by atomic mass is 32.2. The number of hydrogen-bond donors (Lipinski definition) is 1. The summed E-state index contributed by atoms with van der Waals surface area (Å²) in [4.78, 5) is 11.6. The van der Waals surface area contributed by atoms with Crippen molar-refractivity contribution >= 4 is 17.7 Å². The largest absolute Gasteiger partial charge is 0.415 e. The SMILES string of the molecule is C#CCNC(=O)CSc1nnc(C23CC4CC(CC(C4)C2)C3)o1. The number of nitrogens with one attached hydrogen (secondary N) is 1. The first-order valence-corrected chi connectivity index (χ1v) is 9.32. The average Bonchev–Trinajstić information content (AvgIpc) is 2.99. The Morgan fingerprint density at radius 3 is 2.52 bits per heavy atom. The fourth-order valence-electron chi connectivity index (χ4n) is 5.18. The van der Waals surface area contributed by atoms with Crippen LogP contribution in [0.2, 0.25) is 0 Å². The van der Waals surface area contributed by atoms with Crippen LogP contribution >= 0.6 is 11.8 Å². The summed E-state index contributed by atoms with van der Waals surface area (Å²) in [6, 6.07) is 0. The molecule has 0 aliphatic heterocycles. The lowest BCUT2D eigenvalue weighted by atomic mass is 9.49. The maximum atomic E-state index is 11.6. The van der Waals surface area contributed by atoms with Gasteiger partial charge in [0.1, 0.15) is 0 Å². The van der Waals surface area contributed by atoms with Crippen molar-refractivity contribution in [3.63, 3.8) is 0 Å². The van der Waals surface area contributed by atoms with E-state index in [2.05, 4.69) is 21.4 Å². The van der Waals surface area contributed by atoms with Gasteiger partial charge in [0, 0.05) is 5.41 Å². The predicted molar refractivity (Wildman–Crippen MR) is 86.7 cm³/mol. The van der Waals surface area contributed by atoms with E-state index in [1.165, 1.54) is 50.3 Å². The molecular formula is C17H21N3O2S. The van der Waals surface area contributed by atoms with Gasteiger partial charge in [-0.15, -0.1) is 16.6 Å². The van der Waals surface area contributed by atoms with E-state index >= 15 is 0 Å². The van der Waals surface area contributed by atoms with Gasteiger partial charge in [-0.05, 0) is 56.3 Å². The van der Waals surface area contributed by atoms with Gasteiger partial charge in [0.15, 0.2) is 0 Å². The lowest BCUT2D eigenvalue weighted by molar-refractivity contribution is -0.118. The molecule has 1 N–H and O–H groups in total.